The zero-order valence-electron chi connectivity index (χ0n) is 17.9. The minimum absolute atomic E-state index is 0.0990. The number of nitrogens with zero attached hydrogens (tertiary/aromatic N) is 1. The lowest BCUT2D eigenvalue weighted by Crippen LogP contribution is -3.12. The predicted molar refractivity (Wildman–Crippen MR) is 113 cm³/mol. The monoisotopic (exact) mass is 400 g/mol. The molecule has 7 nitrogen and oxygen atoms in total. The highest BCUT2D eigenvalue weighted by atomic mass is 16.6. The van der Waals surface area contributed by atoms with E-state index in [-0.39, 0.29) is 23.1 Å². The summed E-state index contributed by atoms with van der Waals surface area (Å²) < 4.78 is 5.21. The number of carbonyl (C=O) groups is 1. The van der Waals surface area contributed by atoms with Gasteiger partial charge in [-0.3, -0.25) is 14.9 Å². The number of rotatable bonds is 7. The Kier molecular flexibility index (Phi) is 6.97. The van der Waals surface area contributed by atoms with Crippen molar-refractivity contribution >= 4 is 17.3 Å². The topological polar surface area (TPSA) is 85.9 Å². The van der Waals surface area contributed by atoms with Gasteiger partial charge in [0, 0.05) is 17.7 Å². The molecule has 0 bridgehead atoms. The Morgan fingerprint density at radius 3 is 2.34 bits per heavy atom. The van der Waals surface area contributed by atoms with Gasteiger partial charge in [-0.05, 0) is 24.0 Å². The van der Waals surface area contributed by atoms with E-state index in [2.05, 4.69) is 50.4 Å². The number of ether oxygens (including phenoxy) is 1. The van der Waals surface area contributed by atoms with Crippen LogP contribution in [0.1, 0.15) is 38.8 Å². The molecule has 0 spiro atoms. The normalized spacial score (nSPS) is 13.4. The van der Waals surface area contributed by atoms with Gasteiger partial charge in [0.05, 0.1) is 24.8 Å². The van der Waals surface area contributed by atoms with Crippen molar-refractivity contribution in [3.05, 3.63) is 63.7 Å². The van der Waals surface area contributed by atoms with Gasteiger partial charge >= 0.3 is 0 Å². The van der Waals surface area contributed by atoms with Crippen LogP contribution in [0, 0.1) is 10.1 Å². The van der Waals surface area contributed by atoms with Crippen molar-refractivity contribution < 1.29 is 19.4 Å². The van der Waals surface area contributed by atoms with Crippen LogP contribution in [0.3, 0.4) is 0 Å². The highest BCUT2D eigenvalue weighted by molar-refractivity contribution is 5.95. The fourth-order valence-electron chi connectivity index (χ4n) is 2.97. The van der Waals surface area contributed by atoms with Crippen molar-refractivity contribution in [2.45, 2.75) is 45.7 Å². The molecule has 0 aliphatic rings. The average Bonchev–Trinajstić information content (AvgIpc) is 2.66. The summed E-state index contributed by atoms with van der Waals surface area (Å²) in [7, 11) is 3.41. The predicted octanol–water partition coefficient (Wildman–Crippen LogP) is 2.94. The van der Waals surface area contributed by atoms with E-state index in [9.17, 15) is 14.9 Å². The summed E-state index contributed by atoms with van der Waals surface area (Å²) in [5.74, 6) is 0.152. The molecule has 156 valence electrons. The smallest absolute Gasteiger partial charge is 0.282 e. The van der Waals surface area contributed by atoms with Crippen LogP contribution in [0.4, 0.5) is 11.4 Å². The van der Waals surface area contributed by atoms with Gasteiger partial charge in [0.25, 0.3) is 11.6 Å². The van der Waals surface area contributed by atoms with Crippen LogP contribution in [0.25, 0.3) is 0 Å². The molecule has 0 fully saturated rings. The molecule has 0 heterocycles. The Balaban J connectivity index is 2.08. The lowest BCUT2D eigenvalue weighted by molar-refractivity contribution is -0.907. The third-order valence-electron chi connectivity index (χ3n) is 5.09. The second-order valence-corrected chi connectivity index (χ2v) is 8.32. The summed E-state index contributed by atoms with van der Waals surface area (Å²) in [4.78, 5) is 24.2. The van der Waals surface area contributed by atoms with Crippen molar-refractivity contribution in [2.75, 3.05) is 19.5 Å². The first-order valence-electron chi connectivity index (χ1n) is 9.58. The van der Waals surface area contributed by atoms with E-state index in [1.807, 2.05) is 14.0 Å². The highest BCUT2D eigenvalue weighted by Gasteiger charge is 2.24. The molecule has 2 aromatic carbocycles. The van der Waals surface area contributed by atoms with E-state index in [1.54, 1.807) is 0 Å². The maximum atomic E-state index is 12.7. The molecule has 2 N–H and O–H groups in total. The number of anilines is 1. The summed E-state index contributed by atoms with van der Waals surface area (Å²) in [6.45, 7) is 9.04. The summed E-state index contributed by atoms with van der Waals surface area (Å²) in [6, 6.07) is 12.2. The van der Waals surface area contributed by atoms with Gasteiger partial charge in [-0.2, -0.15) is 0 Å². The fraction of sp³-hybridized carbons (Fsp3) is 0.409. The third-order valence-corrected chi connectivity index (χ3v) is 5.09. The first kappa shape index (κ1) is 22.4. The van der Waals surface area contributed by atoms with Crippen molar-refractivity contribution in [3.8, 4) is 5.75 Å². The zero-order chi connectivity index (χ0) is 21.8. The molecule has 0 aliphatic heterocycles. The zero-order valence-corrected chi connectivity index (χ0v) is 17.9. The number of nitrogens with one attached hydrogen (secondary N) is 2. The fourth-order valence-corrected chi connectivity index (χ4v) is 2.97. The molecule has 7 heteroatoms. The Labute approximate surface area is 171 Å². The first-order valence-corrected chi connectivity index (χ1v) is 9.58. The van der Waals surface area contributed by atoms with Crippen LogP contribution in [-0.2, 0) is 16.8 Å². The van der Waals surface area contributed by atoms with Gasteiger partial charge in [-0.25, -0.2) is 0 Å². The molecule has 0 saturated carbocycles. The van der Waals surface area contributed by atoms with Gasteiger partial charge in [-0.1, -0.05) is 45.0 Å². The van der Waals surface area contributed by atoms with Gasteiger partial charge in [0.15, 0.2) is 6.04 Å². The number of carbonyl (C=O) groups excluding carboxylic acids is 1. The van der Waals surface area contributed by atoms with Crippen molar-refractivity contribution in [1.82, 2.24) is 0 Å². The summed E-state index contributed by atoms with van der Waals surface area (Å²) >= 11 is 0. The summed E-state index contributed by atoms with van der Waals surface area (Å²) in [6.07, 6.45) is 0. The highest BCUT2D eigenvalue weighted by Crippen LogP contribution is 2.28. The molecule has 0 radical (unpaired) electrons. The quantitative estimate of drug-likeness (QED) is 0.553. The van der Waals surface area contributed by atoms with Gasteiger partial charge in [0.1, 0.15) is 12.3 Å². The second-order valence-electron chi connectivity index (χ2n) is 8.32. The Morgan fingerprint density at radius 2 is 1.83 bits per heavy atom. The SMILES string of the molecule is COc1ccc([N+](=O)[O-])cc1NC(=O)[C@@H](C)[NH+](C)Cc1ccc(C(C)(C)C)cc1. The number of benzene rings is 2. The van der Waals surface area contributed by atoms with E-state index in [0.29, 0.717) is 18.0 Å². The van der Waals surface area contributed by atoms with E-state index in [4.69, 9.17) is 4.74 Å². The van der Waals surface area contributed by atoms with E-state index in [1.165, 1.54) is 30.9 Å². The van der Waals surface area contributed by atoms with E-state index >= 15 is 0 Å². The van der Waals surface area contributed by atoms with Gasteiger partial charge in [0.2, 0.25) is 0 Å². The number of non-ortho nitro benzene ring substituents is 1. The maximum absolute atomic E-state index is 12.7. The Morgan fingerprint density at radius 1 is 1.21 bits per heavy atom. The van der Waals surface area contributed by atoms with Crippen LogP contribution in [0.15, 0.2) is 42.5 Å². The standard InChI is InChI=1S/C22H29N3O4/c1-15(24(5)14-16-7-9-17(10-8-16)22(2,3)4)21(26)23-19-13-18(25(27)28)11-12-20(19)29-6/h7-13,15H,14H2,1-6H3,(H,23,26)/p+1/t15-/m1/s1. The molecule has 2 aromatic rings. The second kappa shape index (κ2) is 9.05. The number of amides is 1. The first-order chi connectivity index (χ1) is 13.5. The average molecular weight is 400 g/mol. The number of quaternary nitrogens is 1. The summed E-state index contributed by atoms with van der Waals surface area (Å²) in [5.41, 5.74) is 2.70. The number of nitro groups is 1. The molecule has 0 aromatic heterocycles. The van der Waals surface area contributed by atoms with Gasteiger partial charge in [-0.15, -0.1) is 0 Å². The third kappa shape index (κ3) is 5.77. The molecule has 1 unspecified atom stereocenters. The summed E-state index contributed by atoms with van der Waals surface area (Å²) in [5, 5.41) is 13.8. The molecule has 2 atom stereocenters. The molecular formula is C22H30N3O4+. The maximum Gasteiger partial charge on any atom is 0.282 e. The largest absolute Gasteiger partial charge is 0.495 e. The lowest BCUT2D eigenvalue weighted by atomic mass is 9.87. The van der Waals surface area contributed by atoms with Crippen molar-refractivity contribution in [3.63, 3.8) is 0 Å². The molecule has 0 saturated heterocycles. The van der Waals surface area contributed by atoms with Crippen molar-refractivity contribution in [1.29, 1.82) is 0 Å². The molecule has 0 aliphatic carbocycles. The van der Waals surface area contributed by atoms with Crippen LogP contribution in [-0.4, -0.2) is 31.0 Å². The Bertz CT molecular complexity index is 873. The van der Waals surface area contributed by atoms with Crippen LogP contribution >= 0.6 is 0 Å². The number of likely N-dealkylation sites (N-methyl/N-ethyl adjacent to an activating group) is 1. The van der Waals surface area contributed by atoms with Gasteiger partial charge < -0.3 is 15.0 Å². The van der Waals surface area contributed by atoms with E-state index in [0.717, 1.165) is 10.5 Å². The van der Waals surface area contributed by atoms with Crippen molar-refractivity contribution in [2.24, 2.45) is 0 Å². The number of hydrogen-bond donors (Lipinski definition) is 2. The minimum atomic E-state index is -0.503. The molecule has 1 amide bonds. The van der Waals surface area contributed by atoms with Crippen LogP contribution < -0.4 is 15.0 Å². The molecule has 29 heavy (non-hydrogen) atoms. The number of hydrogen-bond acceptors (Lipinski definition) is 4. The lowest BCUT2D eigenvalue weighted by Gasteiger charge is -2.23. The number of nitro benzene ring substituents is 1. The number of methoxy groups -OCH3 is 1. The molecular weight excluding hydrogens is 370 g/mol. The minimum Gasteiger partial charge on any atom is -0.495 e. The Hall–Kier alpha value is -2.93. The van der Waals surface area contributed by atoms with Crippen LogP contribution in [0.5, 0.6) is 5.75 Å². The van der Waals surface area contributed by atoms with E-state index < -0.39 is 4.92 Å². The van der Waals surface area contributed by atoms with Crippen LogP contribution in [0.2, 0.25) is 0 Å². The molecule has 2 rings (SSSR count).